The van der Waals surface area contributed by atoms with E-state index >= 15 is 0 Å². The Balaban J connectivity index is 1.56. The zero-order valence-electron chi connectivity index (χ0n) is 24.1. The van der Waals surface area contributed by atoms with Gasteiger partial charge in [-0.1, -0.05) is 43.6 Å². The highest BCUT2D eigenvalue weighted by Crippen LogP contribution is 2.55. The molecular weight excluding hydrogens is 577 g/mol. The second-order valence-corrected chi connectivity index (χ2v) is 13.7. The van der Waals surface area contributed by atoms with Crippen molar-refractivity contribution in [3.05, 3.63) is 94.3 Å². The fraction of sp³-hybridized carbons (Fsp3) is 0.406. The second-order valence-electron chi connectivity index (χ2n) is 11.4. The highest BCUT2D eigenvalue weighted by atomic mass is 35.5. The largest absolute Gasteiger partial charge is 0.383 e. The third-order valence-electron chi connectivity index (χ3n) is 8.61. The molecule has 1 unspecified atom stereocenters. The first-order valence-corrected chi connectivity index (χ1v) is 16.1. The predicted molar refractivity (Wildman–Crippen MR) is 163 cm³/mol. The van der Waals surface area contributed by atoms with Gasteiger partial charge in [-0.15, -0.1) is 0 Å². The monoisotopic (exact) mass is 613 g/mol. The van der Waals surface area contributed by atoms with Crippen LogP contribution in [0.1, 0.15) is 48.2 Å². The van der Waals surface area contributed by atoms with E-state index in [1.165, 1.54) is 28.6 Å². The fourth-order valence-corrected chi connectivity index (χ4v) is 8.66. The van der Waals surface area contributed by atoms with Crippen molar-refractivity contribution in [3.8, 4) is 0 Å². The molecule has 0 aromatic heterocycles. The van der Waals surface area contributed by atoms with Crippen LogP contribution in [0.3, 0.4) is 0 Å². The van der Waals surface area contributed by atoms with Crippen LogP contribution in [-0.4, -0.2) is 58.6 Å². The maximum absolute atomic E-state index is 14.2. The minimum absolute atomic E-state index is 0.0318. The molecule has 5 rings (SSSR count). The van der Waals surface area contributed by atoms with Crippen molar-refractivity contribution in [2.45, 2.75) is 49.6 Å². The highest BCUT2D eigenvalue weighted by molar-refractivity contribution is 7.92. The van der Waals surface area contributed by atoms with E-state index in [1.54, 1.807) is 25.3 Å². The van der Waals surface area contributed by atoms with Gasteiger partial charge in [0.1, 0.15) is 5.82 Å². The Morgan fingerprint density at radius 3 is 2.43 bits per heavy atom. The van der Waals surface area contributed by atoms with Crippen LogP contribution < -0.4 is 9.62 Å². The summed E-state index contributed by atoms with van der Waals surface area (Å²) in [4.78, 5) is 15.7. The highest BCUT2D eigenvalue weighted by Gasteiger charge is 2.56. The zero-order valence-corrected chi connectivity index (χ0v) is 25.7. The number of benzene rings is 3. The second kappa shape index (κ2) is 12.3. The zero-order chi connectivity index (χ0) is 30.1. The molecule has 0 radical (unpaired) electrons. The third-order valence-corrected chi connectivity index (χ3v) is 10.8. The van der Waals surface area contributed by atoms with Gasteiger partial charge < -0.3 is 15.0 Å². The van der Waals surface area contributed by atoms with E-state index in [1.807, 2.05) is 38.1 Å². The Labute approximate surface area is 252 Å². The van der Waals surface area contributed by atoms with Crippen molar-refractivity contribution >= 4 is 33.2 Å². The van der Waals surface area contributed by atoms with Gasteiger partial charge in [0.15, 0.2) is 0 Å². The number of piperidine rings is 1. The minimum atomic E-state index is -4.03. The number of methoxy groups -OCH3 is 1. The lowest BCUT2D eigenvalue weighted by Crippen LogP contribution is -2.55. The van der Waals surface area contributed by atoms with Crippen molar-refractivity contribution in [1.82, 2.24) is 10.2 Å². The number of likely N-dealkylation sites (tertiary alicyclic amines) is 1. The van der Waals surface area contributed by atoms with Crippen molar-refractivity contribution in [1.29, 1.82) is 0 Å². The summed E-state index contributed by atoms with van der Waals surface area (Å²) < 4.78 is 49.1. The molecule has 1 saturated heterocycles. The van der Waals surface area contributed by atoms with Gasteiger partial charge in [0.05, 0.1) is 23.2 Å². The average Bonchev–Trinajstić information content (AvgIpc) is 3.26. The molecule has 2 aliphatic rings. The molecule has 42 heavy (non-hydrogen) atoms. The smallest absolute Gasteiger partial charge is 0.264 e. The lowest BCUT2D eigenvalue weighted by molar-refractivity contribution is 0.0947. The molecule has 1 atom stereocenters. The number of sulfonamides is 1. The Morgan fingerprint density at radius 2 is 1.79 bits per heavy atom. The predicted octanol–water partition coefficient (Wildman–Crippen LogP) is 5.62. The van der Waals surface area contributed by atoms with Crippen LogP contribution in [0, 0.1) is 11.7 Å². The Hall–Kier alpha value is -2.98. The van der Waals surface area contributed by atoms with Gasteiger partial charge in [-0.2, -0.15) is 0 Å². The Bertz CT molecular complexity index is 1540. The summed E-state index contributed by atoms with van der Waals surface area (Å²) in [6.07, 6.45) is 1.46. The molecule has 0 bridgehead atoms. The molecule has 1 spiro atoms. The van der Waals surface area contributed by atoms with Gasteiger partial charge in [0.25, 0.3) is 15.9 Å². The maximum Gasteiger partial charge on any atom is 0.264 e. The average molecular weight is 614 g/mol. The number of hydrogen-bond acceptors (Lipinski definition) is 5. The van der Waals surface area contributed by atoms with E-state index in [0.717, 1.165) is 43.6 Å². The standard InChI is InChI=1S/C32H37ClFN3O4S/c1-22(2)30-32(14-16-36(17-15-32)18-19-41-3)27-20-23(31(38)35-21-24-6-4-5-7-28(24)33)8-13-29(27)37(30)42(39,40)26-11-9-25(34)10-12-26/h4-13,20,22,30H,14-19,21H2,1-3H3,(H,35,38). The summed E-state index contributed by atoms with van der Waals surface area (Å²) in [5.41, 5.74) is 2.21. The number of rotatable bonds is 9. The number of ether oxygens (including phenoxy) is 1. The molecule has 224 valence electrons. The van der Waals surface area contributed by atoms with Crippen LogP contribution in [0.2, 0.25) is 5.02 Å². The lowest BCUT2D eigenvalue weighted by Gasteiger charge is -2.46. The van der Waals surface area contributed by atoms with Crippen molar-refractivity contribution in [2.75, 3.05) is 37.7 Å². The molecule has 2 heterocycles. The van der Waals surface area contributed by atoms with Gasteiger partial charge in [0, 0.05) is 36.2 Å². The SMILES string of the molecule is COCCN1CCC2(CC1)c1cc(C(=O)NCc3ccccc3Cl)ccc1N(S(=O)(=O)c1ccc(F)cc1)C2C(C)C. The molecule has 10 heteroatoms. The van der Waals surface area contributed by atoms with Crippen LogP contribution in [0.15, 0.2) is 71.6 Å². The molecule has 3 aromatic carbocycles. The van der Waals surface area contributed by atoms with Gasteiger partial charge in [-0.3, -0.25) is 9.10 Å². The summed E-state index contributed by atoms with van der Waals surface area (Å²) in [5, 5.41) is 3.54. The summed E-state index contributed by atoms with van der Waals surface area (Å²) in [7, 11) is -2.35. The number of nitrogens with zero attached hydrogens (tertiary/aromatic N) is 2. The number of carbonyl (C=O) groups is 1. The number of halogens is 2. The molecule has 7 nitrogen and oxygen atoms in total. The van der Waals surface area contributed by atoms with Crippen molar-refractivity contribution in [2.24, 2.45) is 5.92 Å². The van der Waals surface area contributed by atoms with Gasteiger partial charge in [0.2, 0.25) is 0 Å². The fourth-order valence-electron chi connectivity index (χ4n) is 6.59. The molecule has 0 saturated carbocycles. The number of anilines is 1. The summed E-state index contributed by atoms with van der Waals surface area (Å²) in [5.74, 6) is -0.787. The normalized spacial score (nSPS) is 18.4. The van der Waals surface area contributed by atoms with Crippen LogP contribution in [-0.2, 0) is 26.7 Å². The lowest BCUT2D eigenvalue weighted by atomic mass is 9.66. The maximum atomic E-state index is 14.2. The minimum Gasteiger partial charge on any atom is -0.383 e. The molecular formula is C32H37ClFN3O4S. The molecule has 2 aliphatic heterocycles. The van der Waals surface area contributed by atoms with E-state index < -0.39 is 21.3 Å². The number of carbonyl (C=O) groups excluding carboxylic acids is 1. The van der Waals surface area contributed by atoms with E-state index in [-0.39, 0.29) is 29.3 Å². The van der Waals surface area contributed by atoms with Crippen LogP contribution in [0.4, 0.5) is 10.1 Å². The Kier molecular flexibility index (Phi) is 8.94. The summed E-state index contributed by atoms with van der Waals surface area (Å²) in [6, 6.07) is 17.2. The topological polar surface area (TPSA) is 79.0 Å². The summed E-state index contributed by atoms with van der Waals surface area (Å²) in [6.45, 7) is 7.33. The van der Waals surface area contributed by atoms with E-state index in [9.17, 15) is 17.6 Å². The first-order valence-electron chi connectivity index (χ1n) is 14.3. The van der Waals surface area contributed by atoms with Crippen molar-refractivity contribution < 1.29 is 22.3 Å². The number of amides is 1. The van der Waals surface area contributed by atoms with E-state index in [4.69, 9.17) is 16.3 Å². The molecule has 3 aromatic rings. The van der Waals surface area contributed by atoms with E-state index in [0.29, 0.717) is 22.9 Å². The molecule has 0 aliphatic carbocycles. The Morgan fingerprint density at radius 1 is 1.10 bits per heavy atom. The van der Waals surface area contributed by atoms with Crippen LogP contribution in [0.5, 0.6) is 0 Å². The third kappa shape index (κ3) is 5.67. The first kappa shape index (κ1) is 30.5. The molecule has 1 fully saturated rings. The van der Waals surface area contributed by atoms with Gasteiger partial charge in [-0.25, -0.2) is 12.8 Å². The number of nitrogens with one attached hydrogen (secondary N) is 1. The van der Waals surface area contributed by atoms with E-state index in [2.05, 4.69) is 10.2 Å². The van der Waals surface area contributed by atoms with Crippen LogP contribution >= 0.6 is 11.6 Å². The van der Waals surface area contributed by atoms with Crippen molar-refractivity contribution in [3.63, 3.8) is 0 Å². The summed E-state index contributed by atoms with van der Waals surface area (Å²) >= 11 is 6.29. The van der Waals surface area contributed by atoms with Crippen LogP contribution in [0.25, 0.3) is 0 Å². The van der Waals surface area contributed by atoms with Gasteiger partial charge in [-0.05, 0) is 91.5 Å². The molecule has 1 amide bonds. The quantitative estimate of drug-likeness (QED) is 0.339. The number of fused-ring (bicyclic) bond motifs is 2. The first-order chi connectivity index (χ1) is 20.1. The van der Waals surface area contributed by atoms with Gasteiger partial charge >= 0.3 is 0 Å². The number of hydrogen-bond donors (Lipinski definition) is 1. The molecule has 1 N–H and O–H groups in total.